The molecule has 0 heterocycles. The van der Waals surface area contributed by atoms with Gasteiger partial charge in [0.05, 0.1) is 4.90 Å². The van der Waals surface area contributed by atoms with Crippen molar-refractivity contribution < 1.29 is 8.42 Å². The first-order valence-electron chi connectivity index (χ1n) is 9.91. The lowest BCUT2D eigenvalue weighted by Crippen LogP contribution is -2.56. The third-order valence-corrected chi connectivity index (χ3v) is 8.79. The molecule has 3 nitrogen and oxygen atoms in total. The van der Waals surface area contributed by atoms with Gasteiger partial charge in [0.25, 0.3) is 0 Å². The summed E-state index contributed by atoms with van der Waals surface area (Å²) >= 11 is 0. The van der Waals surface area contributed by atoms with Crippen LogP contribution in [0.1, 0.15) is 63.0 Å². The van der Waals surface area contributed by atoms with Gasteiger partial charge in [0.15, 0.2) is 0 Å². The van der Waals surface area contributed by atoms with E-state index in [2.05, 4.69) is 11.6 Å². The molecule has 4 heteroatoms. The maximum Gasteiger partial charge on any atom is 0.240 e. The lowest BCUT2D eigenvalue weighted by molar-refractivity contribution is -0.0704. The molecule has 0 amide bonds. The van der Waals surface area contributed by atoms with Gasteiger partial charge in [-0.25, -0.2) is 13.1 Å². The zero-order valence-corrected chi connectivity index (χ0v) is 16.5. The molecule has 138 valence electrons. The maximum absolute atomic E-state index is 13.0. The Labute approximate surface area is 152 Å². The Hall–Kier alpha value is -0.870. The van der Waals surface area contributed by atoms with Crippen molar-refractivity contribution in [1.29, 1.82) is 0 Å². The van der Waals surface area contributed by atoms with Gasteiger partial charge in [0.1, 0.15) is 0 Å². The van der Waals surface area contributed by atoms with E-state index >= 15 is 0 Å². The summed E-state index contributed by atoms with van der Waals surface area (Å²) < 4.78 is 29.2. The number of rotatable bonds is 5. The van der Waals surface area contributed by atoms with E-state index in [0.29, 0.717) is 4.90 Å². The van der Waals surface area contributed by atoms with Crippen LogP contribution in [-0.4, -0.2) is 14.5 Å². The Morgan fingerprint density at radius 2 is 1.60 bits per heavy atom. The fourth-order valence-corrected chi connectivity index (χ4v) is 7.89. The van der Waals surface area contributed by atoms with Gasteiger partial charge in [-0.05, 0) is 105 Å². The van der Waals surface area contributed by atoms with Crippen LogP contribution in [0.4, 0.5) is 0 Å². The summed E-state index contributed by atoms with van der Waals surface area (Å²) in [6.07, 6.45) is 8.74. The largest absolute Gasteiger partial charge is 0.240 e. The topological polar surface area (TPSA) is 46.2 Å². The molecule has 1 atom stereocenters. The van der Waals surface area contributed by atoms with Crippen molar-refractivity contribution in [3.8, 4) is 0 Å². The number of aryl methyl sites for hydroxylation is 2. The van der Waals surface area contributed by atoms with Crippen molar-refractivity contribution in [1.82, 2.24) is 4.72 Å². The summed E-state index contributed by atoms with van der Waals surface area (Å²) in [7, 11) is -3.45. The molecule has 4 aliphatic carbocycles. The number of hydrogen-bond acceptors (Lipinski definition) is 2. The molecule has 1 aromatic rings. The molecule has 1 unspecified atom stereocenters. The number of hydrogen-bond donors (Lipinski definition) is 1. The van der Waals surface area contributed by atoms with E-state index in [4.69, 9.17) is 0 Å². The van der Waals surface area contributed by atoms with Crippen LogP contribution in [0.3, 0.4) is 0 Å². The van der Waals surface area contributed by atoms with Gasteiger partial charge >= 0.3 is 0 Å². The van der Waals surface area contributed by atoms with Crippen molar-refractivity contribution in [2.24, 2.45) is 23.2 Å². The van der Waals surface area contributed by atoms with Crippen LogP contribution in [0.2, 0.25) is 0 Å². The summed E-state index contributed by atoms with van der Waals surface area (Å²) in [6, 6.07) is 5.55. The normalized spacial score (nSPS) is 35.1. The number of sulfonamides is 1. The van der Waals surface area contributed by atoms with Gasteiger partial charge in [0.2, 0.25) is 10.0 Å². The monoisotopic (exact) mass is 361 g/mol. The van der Waals surface area contributed by atoms with Gasteiger partial charge < -0.3 is 0 Å². The van der Waals surface area contributed by atoms with Crippen molar-refractivity contribution in [2.45, 2.75) is 76.7 Å². The Kier molecular flexibility index (Phi) is 4.27. The van der Waals surface area contributed by atoms with Crippen molar-refractivity contribution in [3.05, 3.63) is 29.3 Å². The fourth-order valence-electron chi connectivity index (χ4n) is 6.38. The minimum absolute atomic E-state index is 0.0764. The minimum atomic E-state index is -3.45. The van der Waals surface area contributed by atoms with Crippen LogP contribution in [0.15, 0.2) is 23.1 Å². The van der Waals surface area contributed by atoms with E-state index in [1.165, 1.54) is 38.5 Å². The standard InChI is InChI=1S/C21H31NO2S/c1-4-20(21-11-16-8-17(12-21)10-18(9-16)13-21)22-25(23,24)19-6-5-14(2)15(3)7-19/h5-7,16-18,20,22H,4,8-13H2,1-3H3. The van der Waals surface area contributed by atoms with Gasteiger partial charge in [-0.15, -0.1) is 0 Å². The summed E-state index contributed by atoms with van der Waals surface area (Å²) in [5, 5.41) is 0. The number of nitrogens with one attached hydrogen (secondary N) is 1. The first kappa shape index (κ1) is 17.5. The third-order valence-electron chi connectivity index (χ3n) is 7.32. The average Bonchev–Trinajstić information content (AvgIpc) is 2.53. The van der Waals surface area contributed by atoms with Gasteiger partial charge in [-0.1, -0.05) is 13.0 Å². The molecule has 4 saturated carbocycles. The number of benzene rings is 1. The van der Waals surface area contributed by atoms with Crippen LogP contribution in [0.25, 0.3) is 0 Å². The van der Waals surface area contributed by atoms with Gasteiger partial charge in [-0.3, -0.25) is 0 Å². The van der Waals surface area contributed by atoms with E-state index in [-0.39, 0.29) is 11.5 Å². The molecule has 4 aliphatic rings. The molecule has 25 heavy (non-hydrogen) atoms. The Morgan fingerprint density at radius 3 is 2.08 bits per heavy atom. The highest BCUT2D eigenvalue weighted by atomic mass is 32.2. The van der Waals surface area contributed by atoms with Crippen LogP contribution >= 0.6 is 0 Å². The highest BCUT2D eigenvalue weighted by Gasteiger charge is 2.54. The van der Waals surface area contributed by atoms with Crippen LogP contribution in [0, 0.1) is 37.0 Å². The van der Waals surface area contributed by atoms with Gasteiger partial charge in [-0.2, -0.15) is 0 Å². The molecular formula is C21H31NO2S. The van der Waals surface area contributed by atoms with Crippen LogP contribution < -0.4 is 4.72 Å². The second-order valence-electron chi connectivity index (χ2n) is 9.11. The van der Waals surface area contributed by atoms with Gasteiger partial charge in [0, 0.05) is 6.04 Å². The maximum atomic E-state index is 13.0. The SMILES string of the molecule is CCC(NS(=O)(=O)c1ccc(C)c(C)c1)C12CC3CC(CC(C3)C1)C2. The average molecular weight is 362 g/mol. The summed E-state index contributed by atoms with van der Waals surface area (Å²) in [5.74, 6) is 2.52. The molecule has 0 aliphatic heterocycles. The first-order valence-corrected chi connectivity index (χ1v) is 11.4. The highest BCUT2D eigenvalue weighted by Crippen LogP contribution is 2.61. The molecule has 1 aromatic carbocycles. The third kappa shape index (κ3) is 3.06. The zero-order valence-electron chi connectivity index (χ0n) is 15.7. The Balaban J connectivity index is 1.60. The minimum Gasteiger partial charge on any atom is -0.208 e. The fraction of sp³-hybridized carbons (Fsp3) is 0.714. The smallest absolute Gasteiger partial charge is 0.208 e. The Morgan fingerprint density at radius 1 is 1.04 bits per heavy atom. The predicted octanol–water partition coefficient (Wildman–Crippen LogP) is 4.58. The zero-order chi connectivity index (χ0) is 17.8. The van der Waals surface area contributed by atoms with Crippen molar-refractivity contribution >= 4 is 10.0 Å². The predicted molar refractivity (Wildman–Crippen MR) is 101 cm³/mol. The second kappa shape index (κ2) is 6.09. The second-order valence-corrected chi connectivity index (χ2v) is 10.8. The molecule has 0 saturated heterocycles. The Bertz CT molecular complexity index is 733. The molecule has 0 spiro atoms. The van der Waals surface area contributed by atoms with E-state index in [1.807, 2.05) is 26.0 Å². The van der Waals surface area contributed by atoms with Crippen molar-refractivity contribution in [2.75, 3.05) is 0 Å². The lowest BCUT2D eigenvalue weighted by Gasteiger charge is -2.59. The van der Waals surface area contributed by atoms with Crippen molar-refractivity contribution in [3.63, 3.8) is 0 Å². The molecule has 4 bridgehead atoms. The summed E-state index contributed by atoms with van der Waals surface area (Å²) in [4.78, 5) is 0.416. The lowest BCUT2D eigenvalue weighted by atomic mass is 9.47. The summed E-state index contributed by atoms with van der Waals surface area (Å²) in [5.41, 5.74) is 2.37. The first-order chi connectivity index (χ1) is 11.8. The van der Waals surface area contributed by atoms with E-state index in [0.717, 1.165) is 35.3 Å². The summed E-state index contributed by atoms with van der Waals surface area (Å²) in [6.45, 7) is 6.14. The molecule has 0 aromatic heterocycles. The molecule has 5 rings (SSSR count). The van der Waals surface area contributed by atoms with E-state index in [9.17, 15) is 8.42 Å². The van der Waals surface area contributed by atoms with E-state index < -0.39 is 10.0 Å². The highest BCUT2D eigenvalue weighted by molar-refractivity contribution is 7.89. The molecular weight excluding hydrogens is 330 g/mol. The van der Waals surface area contributed by atoms with Crippen LogP contribution in [-0.2, 0) is 10.0 Å². The quantitative estimate of drug-likeness (QED) is 0.834. The van der Waals surface area contributed by atoms with E-state index in [1.54, 1.807) is 6.07 Å². The molecule has 0 radical (unpaired) electrons. The molecule has 4 fully saturated rings. The molecule has 1 N–H and O–H groups in total. The van der Waals surface area contributed by atoms with Crippen LogP contribution in [0.5, 0.6) is 0 Å².